The van der Waals surface area contributed by atoms with Crippen LogP contribution in [0.1, 0.15) is 32.3 Å². The van der Waals surface area contributed by atoms with Crippen molar-refractivity contribution >= 4 is 5.82 Å². The molecule has 1 aromatic rings. The van der Waals surface area contributed by atoms with E-state index in [0.29, 0.717) is 12.6 Å². The van der Waals surface area contributed by atoms with E-state index in [1.54, 1.807) is 13.3 Å². The topological polar surface area (TPSA) is 45.6 Å². The normalized spacial score (nSPS) is 10.9. The molecule has 1 aromatic heterocycles. The first-order valence-corrected chi connectivity index (χ1v) is 6.58. The third-order valence-corrected chi connectivity index (χ3v) is 3.21. The molecule has 0 radical (unpaired) electrons. The highest BCUT2D eigenvalue weighted by Crippen LogP contribution is 2.19. The van der Waals surface area contributed by atoms with Gasteiger partial charge in [-0.1, -0.05) is 13.8 Å². The largest absolute Gasteiger partial charge is 0.392 e. The van der Waals surface area contributed by atoms with Crippen molar-refractivity contribution in [1.29, 1.82) is 0 Å². The zero-order chi connectivity index (χ0) is 13.4. The highest BCUT2D eigenvalue weighted by Gasteiger charge is 2.16. The molecule has 4 nitrogen and oxygen atoms in total. The van der Waals surface area contributed by atoms with Gasteiger partial charge in [0.2, 0.25) is 0 Å². The van der Waals surface area contributed by atoms with Crippen molar-refractivity contribution in [3.8, 4) is 0 Å². The number of rotatable bonds is 8. The molecule has 0 aliphatic rings. The molecule has 4 heteroatoms. The van der Waals surface area contributed by atoms with Crippen LogP contribution >= 0.6 is 0 Å². The number of hydrogen-bond donors (Lipinski definition) is 1. The van der Waals surface area contributed by atoms with Crippen molar-refractivity contribution in [1.82, 2.24) is 4.98 Å². The van der Waals surface area contributed by atoms with Crippen molar-refractivity contribution in [2.75, 3.05) is 25.2 Å². The molecule has 0 aliphatic heterocycles. The molecule has 0 spiro atoms. The second-order valence-electron chi connectivity index (χ2n) is 4.34. The summed E-state index contributed by atoms with van der Waals surface area (Å²) in [6.45, 7) is 5.93. The Balaban J connectivity index is 2.92. The quantitative estimate of drug-likeness (QED) is 0.770. The number of aliphatic hydroxyl groups excluding tert-OH is 1. The van der Waals surface area contributed by atoms with Gasteiger partial charge in [0.25, 0.3) is 0 Å². The Morgan fingerprint density at radius 2 is 2.11 bits per heavy atom. The number of nitrogens with zero attached hydrogens (tertiary/aromatic N) is 2. The summed E-state index contributed by atoms with van der Waals surface area (Å²) in [5, 5.41) is 9.20. The predicted octanol–water partition coefficient (Wildman–Crippen LogP) is 2.22. The first-order valence-electron chi connectivity index (χ1n) is 6.58. The van der Waals surface area contributed by atoms with Crippen LogP contribution in [0.4, 0.5) is 5.82 Å². The van der Waals surface area contributed by atoms with Crippen LogP contribution in [0.15, 0.2) is 18.3 Å². The number of methoxy groups -OCH3 is 1. The number of pyridine rings is 1. The molecule has 0 bridgehead atoms. The van der Waals surface area contributed by atoms with E-state index in [4.69, 9.17) is 4.74 Å². The molecule has 1 N–H and O–H groups in total. The van der Waals surface area contributed by atoms with E-state index in [0.717, 1.165) is 30.8 Å². The van der Waals surface area contributed by atoms with E-state index in [-0.39, 0.29) is 6.61 Å². The molecule has 0 amide bonds. The fourth-order valence-electron chi connectivity index (χ4n) is 2.12. The van der Waals surface area contributed by atoms with E-state index >= 15 is 0 Å². The first-order chi connectivity index (χ1) is 8.76. The molecule has 18 heavy (non-hydrogen) atoms. The minimum absolute atomic E-state index is 0.0521. The van der Waals surface area contributed by atoms with Crippen molar-refractivity contribution < 1.29 is 9.84 Å². The molecule has 0 aromatic carbocycles. The summed E-state index contributed by atoms with van der Waals surface area (Å²) in [5.74, 6) is 0.923. The summed E-state index contributed by atoms with van der Waals surface area (Å²) >= 11 is 0. The van der Waals surface area contributed by atoms with Crippen LogP contribution in [0, 0.1) is 0 Å². The van der Waals surface area contributed by atoms with Crippen LogP contribution in [0.3, 0.4) is 0 Å². The van der Waals surface area contributed by atoms with E-state index in [9.17, 15) is 5.11 Å². The monoisotopic (exact) mass is 252 g/mol. The molecule has 1 rings (SSSR count). The molecule has 0 atom stereocenters. The van der Waals surface area contributed by atoms with Crippen molar-refractivity contribution in [3.63, 3.8) is 0 Å². The van der Waals surface area contributed by atoms with Crippen molar-refractivity contribution in [2.45, 2.75) is 39.3 Å². The molecule has 0 aliphatic carbocycles. The number of aliphatic hydroxyl groups is 1. The molecular weight excluding hydrogens is 228 g/mol. The van der Waals surface area contributed by atoms with Crippen molar-refractivity contribution in [3.05, 3.63) is 23.9 Å². The minimum Gasteiger partial charge on any atom is -0.392 e. The summed E-state index contributed by atoms with van der Waals surface area (Å²) in [5.41, 5.74) is 0.897. The lowest BCUT2D eigenvalue weighted by Crippen LogP contribution is -2.37. The zero-order valence-corrected chi connectivity index (χ0v) is 11.6. The third kappa shape index (κ3) is 3.96. The van der Waals surface area contributed by atoms with Crippen LogP contribution in [0.5, 0.6) is 0 Å². The van der Waals surface area contributed by atoms with E-state index < -0.39 is 0 Å². The van der Waals surface area contributed by atoms with Gasteiger partial charge in [-0.2, -0.15) is 0 Å². The van der Waals surface area contributed by atoms with Gasteiger partial charge >= 0.3 is 0 Å². The van der Waals surface area contributed by atoms with E-state index in [2.05, 4.69) is 23.7 Å². The minimum atomic E-state index is 0.0521. The van der Waals surface area contributed by atoms with Crippen LogP contribution in [-0.2, 0) is 11.3 Å². The highest BCUT2D eigenvalue weighted by molar-refractivity contribution is 5.42. The standard InChI is InChI=1S/C14H24N2O2/c1-4-13(5-2)16(8-9-18-3)14-10-12(11-17)6-7-15-14/h6-7,10,13,17H,4-5,8-9,11H2,1-3H3. The Hall–Kier alpha value is -1.13. The molecule has 1 heterocycles. The van der Waals surface area contributed by atoms with Gasteiger partial charge in [0, 0.05) is 25.9 Å². The predicted molar refractivity (Wildman–Crippen MR) is 73.8 cm³/mol. The van der Waals surface area contributed by atoms with Crippen LogP contribution in [-0.4, -0.2) is 36.4 Å². The summed E-state index contributed by atoms with van der Waals surface area (Å²) < 4.78 is 5.17. The smallest absolute Gasteiger partial charge is 0.129 e. The number of hydrogen-bond acceptors (Lipinski definition) is 4. The summed E-state index contributed by atoms with van der Waals surface area (Å²) in [6, 6.07) is 4.25. The van der Waals surface area contributed by atoms with Gasteiger partial charge < -0.3 is 14.7 Å². The Morgan fingerprint density at radius 3 is 2.67 bits per heavy atom. The lowest BCUT2D eigenvalue weighted by Gasteiger charge is -2.31. The van der Waals surface area contributed by atoms with Crippen LogP contribution in [0.25, 0.3) is 0 Å². The van der Waals surface area contributed by atoms with Gasteiger partial charge in [-0.3, -0.25) is 0 Å². The maximum Gasteiger partial charge on any atom is 0.129 e. The molecule has 102 valence electrons. The Bertz CT molecular complexity index is 340. The van der Waals surface area contributed by atoms with Gasteiger partial charge in [0.1, 0.15) is 5.82 Å². The lowest BCUT2D eigenvalue weighted by molar-refractivity contribution is 0.202. The molecule has 0 saturated carbocycles. The number of aromatic nitrogens is 1. The maximum atomic E-state index is 9.20. The number of anilines is 1. The summed E-state index contributed by atoms with van der Waals surface area (Å²) in [6.07, 6.45) is 3.90. The Kier molecular flexibility index (Phi) is 6.68. The molecule has 0 fully saturated rings. The lowest BCUT2D eigenvalue weighted by atomic mass is 10.1. The van der Waals surface area contributed by atoms with Gasteiger partial charge in [-0.15, -0.1) is 0 Å². The second kappa shape index (κ2) is 8.06. The van der Waals surface area contributed by atoms with Gasteiger partial charge in [0.15, 0.2) is 0 Å². The van der Waals surface area contributed by atoms with E-state index in [1.807, 2.05) is 12.1 Å². The Labute approximate surface area is 110 Å². The van der Waals surface area contributed by atoms with Crippen LogP contribution in [0.2, 0.25) is 0 Å². The van der Waals surface area contributed by atoms with Gasteiger partial charge in [0.05, 0.1) is 13.2 Å². The third-order valence-electron chi connectivity index (χ3n) is 3.21. The molecular formula is C14H24N2O2. The Morgan fingerprint density at radius 1 is 1.39 bits per heavy atom. The van der Waals surface area contributed by atoms with Gasteiger partial charge in [-0.05, 0) is 30.5 Å². The van der Waals surface area contributed by atoms with Crippen LogP contribution < -0.4 is 4.90 Å². The fourth-order valence-corrected chi connectivity index (χ4v) is 2.12. The van der Waals surface area contributed by atoms with Gasteiger partial charge in [-0.25, -0.2) is 4.98 Å². The number of ether oxygens (including phenoxy) is 1. The first kappa shape index (κ1) is 14.9. The van der Waals surface area contributed by atoms with Crippen molar-refractivity contribution in [2.24, 2.45) is 0 Å². The highest BCUT2D eigenvalue weighted by atomic mass is 16.5. The van der Waals surface area contributed by atoms with E-state index in [1.165, 1.54) is 0 Å². The fraction of sp³-hybridized carbons (Fsp3) is 0.643. The SMILES string of the molecule is CCC(CC)N(CCOC)c1cc(CO)ccn1. The summed E-state index contributed by atoms with van der Waals surface area (Å²) in [7, 11) is 1.71. The zero-order valence-electron chi connectivity index (χ0n) is 11.6. The maximum absolute atomic E-state index is 9.20. The summed E-state index contributed by atoms with van der Waals surface area (Å²) in [4.78, 5) is 6.68. The molecule has 0 saturated heterocycles. The second-order valence-corrected chi connectivity index (χ2v) is 4.34. The molecule has 0 unspecified atom stereocenters. The average Bonchev–Trinajstić information content (AvgIpc) is 2.43. The average molecular weight is 252 g/mol.